The van der Waals surface area contributed by atoms with Crippen LogP contribution in [-0.4, -0.2) is 31.1 Å². The topological polar surface area (TPSA) is 93.4 Å². The molecular formula is C9H9BrClN3O3S. The van der Waals surface area contributed by atoms with Gasteiger partial charge in [-0.05, 0) is 22.0 Å². The van der Waals surface area contributed by atoms with E-state index in [-0.39, 0.29) is 29.7 Å². The number of hydrogen-bond donors (Lipinski definition) is 1. The number of sulfonamides is 1. The number of amides is 1. The molecule has 1 unspecified atom stereocenters. The Balaban J connectivity index is 2.33. The summed E-state index contributed by atoms with van der Waals surface area (Å²) < 4.78 is 23.1. The molecule has 1 aliphatic rings. The molecule has 0 bridgehead atoms. The molecule has 1 saturated heterocycles. The maximum absolute atomic E-state index is 11.8. The zero-order valence-corrected chi connectivity index (χ0v) is 12.2. The van der Waals surface area contributed by atoms with Gasteiger partial charge in [0, 0.05) is 23.6 Å². The first kappa shape index (κ1) is 13.7. The van der Waals surface area contributed by atoms with Crippen LogP contribution in [-0.2, 0) is 14.8 Å². The van der Waals surface area contributed by atoms with Crippen molar-refractivity contribution in [2.75, 3.05) is 11.4 Å². The Labute approximate surface area is 117 Å². The monoisotopic (exact) mass is 353 g/mol. The molecule has 2 heterocycles. The minimum absolute atomic E-state index is 0.0218. The molecule has 0 aromatic carbocycles. The van der Waals surface area contributed by atoms with Crippen molar-refractivity contribution in [1.29, 1.82) is 0 Å². The Morgan fingerprint density at radius 1 is 1.56 bits per heavy atom. The number of carbonyl (C=O) groups excluding carboxylic acids is 1. The molecule has 1 aromatic heterocycles. The predicted molar refractivity (Wildman–Crippen MR) is 70.8 cm³/mol. The summed E-state index contributed by atoms with van der Waals surface area (Å²) in [6, 6.07) is 1.58. The number of anilines is 1. The van der Waals surface area contributed by atoms with Crippen LogP contribution in [0.4, 0.5) is 5.82 Å². The van der Waals surface area contributed by atoms with Gasteiger partial charge in [0.15, 0.2) is 5.82 Å². The van der Waals surface area contributed by atoms with Gasteiger partial charge in [0.25, 0.3) is 0 Å². The van der Waals surface area contributed by atoms with Crippen molar-refractivity contribution < 1.29 is 13.2 Å². The van der Waals surface area contributed by atoms with Gasteiger partial charge in [-0.2, -0.15) is 0 Å². The number of pyridine rings is 1. The van der Waals surface area contributed by atoms with Crippen LogP contribution in [0.5, 0.6) is 0 Å². The molecular weight excluding hydrogens is 346 g/mol. The maximum atomic E-state index is 11.8. The molecule has 0 saturated carbocycles. The highest BCUT2D eigenvalue weighted by atomic mass is 79.9. The summed E-state index contributed by atoms with van der Waals surface area (Å²) in [5.74, 6) is -0.109. The molecule has 18 heavy (non-hydrogen) atoms. The Kier molecular flexibility index (Phi) is 3.63. The minimum Gasteiger partial charge on any atom is -0.294 e. The van der Waals surface area contributed by atoms with E-state index in [1.54, 1.807) is 6.07 Å². The molecule has 1 aliphatic heterocycles. The quantitative estimate of drug-likeness (QED) is 0.853. The molecule has 1 amide bonds. The lowest BCUT2D eigenvalue weighted by molar-refractivity contribution is -0.117. The number of nitrogens with two attached hydrogens (primary N) is 1. The van der Waals surface area contributed by atoms with E-state index in [0.717, 1.165) is 0 Å². The minimum atomic E-state index is -3.74. The average molecular weight is 355 g/mol. The van der Waals surface area contributed by atoms with Gasteiger partial charge in [-0.3, -0.25) is 9.69 Å². The molecule has 1 aromatic rings. The molecule has 2 rings (SSSR count). The van der Waals surface area contributed by atoms with Crippen molar-refractivity contribution >= 4 is 49.3 Å². The first-order valence-electron chi connectivity index (χ1n) is 4.92. The normalized spacial score (nSPS) is 20.5. The summed E-state index contributed by atoms with van der Waals surface area (Å²) in [5.41, 5.74) is 0. The number of carbonyl (C=O) groups is 1. The van der Waals surface area contributed by atoms with Crippen LogP contribution in [0, 0.1) is 0 Å². The van der Waals surface area contributed by atoms with Gasteiger partial charge in [-0.25, -0.2) is 18.5 Å². The number of rotatable bonds is 2. The van der Waals surface area contributed by atoms with Crippen molar-refractivity contribution in [1.82, 2.24) is 4.98 Å². The number of halogens is 2. The lowest BCUT2D eigenvalue weighted by Crippen LogP contribution is -2.32. The summed E-state index contributed by atoms with van der Waals surface area (Å²) >= 11 is 9.17. The van der Waals surface area contributed by atoms with E-state index >= 15 is 0 Å². The maximum Gasteiger partial charge on any atom is 0.229 e. The molecule has 0 aliphatic carbocycles. The fourth-order valence-corrected chi connectivity index (χ4v) is 3.17. The molecule has 9 heteroatoms. The highest BCUT2D eigenvalue weighted by Crippen LogP contribution is 2.30. The second-order valence-corrected chi connectivity index (χ2v) is 7.05. The van der Waals surface area contributed by atoms with Crippen molar-refractivity contribution in [2.24, 2.45) is 5.14 Å². The van der Waals surface area contributed by atoms with Crippen molar-refractivity contribution in [3.63, 3.8) is 0 Å². The molecule has 0 spiro atoms. The second kappa shape index (κ2) is 4.76. The van der Waals surface area contributed by atoms with Crippen LogP contribution in [0.25, 0.3) is 0 Å². The second-order valence-electron chi connectivity index (χ2n) is 3.88. The van der Waals surface area contributed by atoms with Gasteiger partial charge in [0.05, 0.1) is 5.02 Å². The zero-order valence-electron chi connectivity index (χ0n) is 9.01. The molecule has 1 atom stereocenters. The van der Waals surface area contributed by atoms with Crippen LogP contribution in [0.1, 0.15) is 6.42 Å². The van der Waals surface area contributed by atoms with E-state index in [0.29, 0.717) is 4.47 Å². The third-order valence-electron chi connectivity index (χ3n) is 2.60. The zero-order chi connectivity index (χ0) is 13.5. The van der Waals surface area contributed by atoms with Crippen molar-refractivity contribution in [2.45, 2.75) is 11.7 Å². The summed E-state index contributed by atoms with van der Waals surface area (Å²) in [5, 5.41) is 4.40. The Hall–Kier alpha value is -0.700. The summed E-state index contributed by atoms with van der Waals surface area (Å²) in [7, 11) is -3.74. The Morgan fingerprint density at radius 2 is 2.22 bits per heavy atom. The van der Waals surface area contributed by atoms with Crippen LogP contribution < -0.4 is 10.0 Å². The number of aromatic nitrogens is 1. The SMILES string of the molecule is NS(=O)(=O)C1CC(=O)N(c2ncc(Br)cc2Cl)C1. The van der Waals surface area contributed by atoms with Crippen molar-refractivity contribution in [3.8, 4) is 0 Å². The highest BCUT2D eigenvalue weighted by Gasteiger charge is 2.38. The first-order valence-corrected chi connectivity index (χ1v) is 7.70. The van der Waals surface area contributed by atoms with E-state index < -0.39 is 15.3 Å². The largest absolute Gasteiger partial charge is 0.294 e. The fourth-order valence-electron chi connectivity index (χ4n) is 1.71. The highest BCUT2D eigenvalue weighted by molar-refractivity contribution is 9.10. The van der Waals surface area contributed by atoms with Crippen LogP contribution in [0.3, 0.4) is 0 Å². The van der Waals surface area contributed by atoms with E-state index in [1.165, 1.54) is 11.1 Å². The molecule has 98 valence electrons. The third kappa shape index (κ3) is 2.66. The van der Waals surface area contributed by atoms with Gasteiger partial charge in [-0.1, -0.05) is 11.6 Å². The number of nitrogens with zero attached hydrogens (tertiary/aromatic N) is 2. The molecule has 6 nitrogen and oxygen atoms in total. The van der Waals surface area contributed by atoms with E-state index in [9.17, 15) is 13.2 Å². The lowest BCUT2D eigenvalue weighted by Gasteiger charge is -2.16. The number of primary sulfonamides is 1. The van der Waals surface area contributed by atoms with Crippen molar-refractivity contribution in [3.05, 3.63) is 21.8 Å². The Bertz CT molecular complexity index is 607. The standard InChI is InChI=1S/C9H9BrClN3O3S/c10-5-1-7(11)9(13-3-5)14-4-6(2-8(14)15)18(12,16)17/h1,3,6H,2,4H2,(H2,12,16,17). The van der Waals surface area contributed by atoms with Gasteiger partial charge in [-0.15, -0.1) is 0 Å². The van der Waals surface area contributed by atoms with Crippen LogP contribution in [0.2, 0.25) is 5.02 Å². The molecule has 2 N–H and O–H groups in total. The van der Waals surface area contributed by atoms with Gasteiger partial charge in [0.2, 0.25) is 15.9 Å². The summed E-state index contributed by atoms with van der Waals surface area (Å²) in [6.45, 7) is -0.0218. The van der Waals surface area contributed by atoms with E-state index in [1.807, 2.05) is 0 Å². The molecule has 0 radical (unpaired) electrons. The van der Waals surface area contributed by atoms with Crippen LogP contribution in [0.15, 0.2) is 16.7 Å². The van der Waals surface area contributed by atoms with E-state index in [2.05, 4.69) is 20.9 Å². The van der Waals surface area contributed by atoms with Gasteiger partial charge >= 0.3 is 0 Å². The average Bonchev–Trinajstić information content (AvgIpc) is 2.60. The number of hydrogen-bond acceptors (Lipinski definition) is 4. The van der Waals surface area contributed by atoms with E-state index in [4.69, 9.17) is 16.7 Å². The van der Waals surface area contributed by atoms with Crippen LogP contribution >= 0.6 is 27.5 Å². The third-order valence-corrected chi connectivity index (χ3v) is 4.56. The first-order chi connectivity index (χ1) is 8.29. The van der Waals surface area contributed by atoms with Gasteiger partial charge in [0.1, 0.15) is 5.25 Å². The molecule has 1 fully saturated rings. The van der Waals surface area contributed by atoms with Gasteiger partial charge < -0.3 is 0 Å². The lowest BCUT2D eigenvalue weighted by atomic mass is 10.4. The predicted octanol–water partition coefficient (Wildman–Crippen LogP) is 0.891. The smallest absolute Gasteiger partial charge is 0.229 e. The fraction of sp³-hybridized carbons (Fsp3) is 0.333. The summed E-state index contributed by atoms with van der Waals surface area (Å²) in [4.78, 5) is 17.0. The Morgan fingerprint density at radius 3 is 2.72 bits per heavy atom. The summed E-state index contributed by atoms with van der Waals surface area (Å²) in [6.07, 6.45) is 1.34.